The molecule has 0 saturated carbocycles. The molecule has 306 valence electrons. The minimum absolute atomic E-state index is 0.00670. The molecule has 0 aliphatic carbocycles. The Balaban J connectivity index is 0.982. The van der Waals surface area contributed by atoms with Crippen molar-refractivity contribution in [3.8, 4) is 28.7 Å². The molecule has 3 aliphatic heterocycles. The van der Waals surface area contributed by atoms with Crippen molar-refractivity contribution in [2.24, 2.45) is 0 Å². The lowest BCUT2D eigenvalue weighted by Crippen LogP contribution is -2.39. The normalized spacial score (nSPS) is 15.2. The van der Waals surface area contributed by atoms with Gasteiger partial charge in [-0.2, -0.15) is 11.8 Å². The van der Waals surface area contributed by atoms with E-state index in [4.69, 9.17) is 23.9 Å². The Bertz CT molecular complexity index is 2730. The van der Waals surface area contributed by atoms with Crippen LogP contribution in [0.4, 0.5) is 17.1 Å². The summed E-state index contributed by atoms with van der Waals surface area (Å²) < 4.78 is 26.0. The first-order valence-corrected chi connectivity index (χ1v) is 21.3. The SMILES string of the molecule is COc1cc2c(cc1OCc1cc(COc3cc4nc5n(c(=O)c4cc3OC)-c3ccccc3C5)cc(NC(=O)CC[C@H](C)SC)c1)NC[C@@H]1Cc3ccccc3N1C2=O. The summed E-state index contributed by atoms with van der Waals surface area (Å²) in [5.74, 6) is 2.22. The number of para-hydroxylation sites is 2. The second-order valence-corrected chi connectivity index (χ2v) is 16.6. The molecule has 6 aromatic rings. The number of nitrogens with one attached hydrogen (secondary N) is 2. The monoisotopic (exact) mass is 823 g/mol. The molecule has 0 unspecified atom stereocenters. The minimum Gasteiger partial charge on any atom is -0.493 e. The minimum atomic E-state index is -0.163. The van der Waals surface area contributed by atoms with Gasteiger partial charge in [0.05, 0.1) is 48.1 Å². The third-order valence-electron chi connectivity index (χ3n) is 11.5. The summed E-state index contributed by atoms with van der Waals surface area (Å²) in [6.45, 7) is 2.94. The Kier molecular flexibility index (Phi) is 10.6. The second kappa shape index (κ2) is 16.3. The zero-order valence-electron chi connectivity index (χ0n) is 33.9. The van der Waals surface area contributed by atoms with Crippen LogP contribution in [-0.2, 0) is 30.8 Å². The smallest absolute Gasteiger partial charge is 0.266 e. The summed E-state index contributed by atoms with van der Waals surface area (Å²) >= 11 is 1.73. The van der Waals surface area contributed by atoms with Crippen LogP contribution in [0.15, 0.2) is 95.8 Å². The molecule has 60 heavy (non-hydrogen) atoms. The quantitative estimate of drug-likeness (QED) is 0.118. The molecule has 1 aromatic heterocycles. The van der Waals surface area contributed by atoms with Gasteiger partial charge >= 0.3 is 0 Å². The maximum Gasteiger partial charge on any atom is 0.266 e. The zero-order chi connectivity index (χ0) is 41.5. The van der Waals surface area contributed by atoms with Crippen molar-refractivity contribution in [2.75, 3.05) is 42.6 Å². The molecular formula is C47H45N5O7S. The number of carbonyl (C=O) groups is 2. The number of rotatable bonds is 13. The van der Waals surface area contributed by atoms with Gasteiger partial charge in [0.1, 0.15) is 19.0 Å². The maximum absolute atomic E-state index is 14.0. The van der Waals surface area contributed by atoms with Gasteiger partial charge < -0.3 is 34.5 Å². The summed E-state index contributed by atoms with van der Waals surface area (Å²) in [6.07, 6.45) is 4.51. The lowest BCUT2D eigenvalue weighted by molar-refractivity contribution is -0.116. The molecule has 2 amide bonds. The number of nitrogens with zero attached hydrogens (tertiary/aromatic N) is 3. The molecule has 2 atom stereocenters. The molecule has 0 spiro atoms. The molecule has 0 saturated heterocycles. The Morgan fingerprint density at radius 3 is 2.28 bits per heavy atom. The largest absolute Gasteiger partial charge is 0.493 e. The molecule has 9 rings (SSSR count). The van der Waals surface area contributed by atoms with E-state index in [1.54, 1.807) is 41.6 Å². The molecule has 4 heterocycles. The molecule has 0 fully saturated rings. The number of hydrogen-bond acceptors (Lipinski definition) is 10. The first-order chi connectivity index (χ1) is 29.2. The Morgan fingerprint density at radius 1 is 0.867 bits per heavy atom. The van der Waals surface area contributed by atoms with Gasteiger partial charge in [-0.05, 0) is 83.8 Å². The van der Waals surface area contributed by atoms with Crippen LogP contribution in [0.25, 0.3) is 16.6 Å². The molecule has 5 aromatic carbocycles. The predicted octanol–water partition coefficient (Wildman–Crippen LogP) is 7.93. The Hall–Kier alpha value is -6.47. The highest BCUT2D eigenvalue weighted by atomic mass is 32.2. The van der Waals surface area contributed by atoms with E-state index in [1.807, 2.05) is 77.9 Å². The summed E-state index contributed by atoms with van der Waals surface area (Å²) in [4.78, 5) is 47.6. The third-order valence-corrected chi connectivity index (χ3v) is 12.5. The number of thioether (sulfide) groups is 1. The van der Waals surface area contributed by atoms with E-state index >= 15 is 0 Å². The number of amides is 2. The van der Waals surface area contributed by atoms with Crippen LogP contribution in [0, 0.1) is 0 Å². The summed E-state index contributed by atoms with van der Waals surface area (Å²) in [5, 5.41) is 7.35. The van der Waals surface area contributed by atoms with Gasteiger partial charge in [0.2, 0.25) is 5.91 Å². The van der Waals surface area contributed by atoms with Crippen LogP contribution >= 0.6 is 11.8 Å². The van der Waals surface area contributed by atoms with E-state index in [9.17, 15) is 14.4 Å². The number of anilines is 3. The van der Waals surface area contributed by atoms with E-state index in [2.05, 4.69) is 23.6 Å². The van der Waals surface area contributed by atoms with Gasteiger partial charge in [0.15, 0.2) is 23.0 Å². The van der Waals surface area contributed by atoms with Crippen molar-refractivity contribution >= 4 is 51.5 Å². The highest BCUT2D eigenvalue weighted by Crippen LogP contribution is 2.41. The lowest BCUT2D eigenvalue weighted by Gasteiger charge is -2.22. The average molecular weight is 824 g/mol. The van der Waals surface area contributed by atoms with Gasteiger partial charge in [0, 0.05) is 48.1 Å². The van der Waals surface area contributed by atoms with Crippen LogP contribution < -0.4 is 40.0 Å². The van der Waals surface area contributed by atoms with Crippen molar-refractivity contribution in [1.29, 1.82) is 0 Å². The van der Waals surface area contributed by atoms with Crippen molar-refractivity contribution in [3.05, 3.63) is 135 Å². The van der Waals surface area contributed by atoms with Crippen molar-refractivity contribution in [2.45, 2.75) is 57.1 Å². The zero-order valence-corrected chi connectivity index (χ0v) is 34.7. The maximum atomic E-state index is 14.0. The summed E-state index contributed by atoms with van der Waals surface area (Å²) in [7, 11) is 3.09. The topological polar surface area (TPSA) is 133 Å². The third kappa shape index (κ3) is 7.38. The fourth-order valence-corrected chi connectivity index (χ4v) is 8.69. The van der Waals surface area contributed by atoms with E-state index in [-0.39, 0.29) is 36.6 Å². The standard InChI is InChI=1S/C47H45N5O7S/c1-27(60-4)13-14-45(53)49-32-16-28(25-58-42-22-36-34(20-40(42)56-2)46(54)51-33(24-48-36)18-30-9-5-7-11-38(30)51)15-29(17-32)26-59-43-23-37-35(21-41(43)57-3)47(55)52-39-12-8-6-10-31(39)19-44(52)50-37/h5-12,15-17,20-23,27,33,48H,13-14,18-19,24-26H2,1-4H3,(H,49,53)/t27-,33-/m0/s1. The fourth-order valence-electron chi connectivity index (χ4n) is 8.34. The average Bonchev–Trinajstić information content (AvgIpc) is 3.80. The van der Waals surface area contributed by atoms with Gasteiger partial charge in [-0.3, -0.25) is 19.0 Å². The first-order valence-electron chi connectivity index (χ1n) is 20.0. The van der Waals surface area contributed by atoms with Gasteiger partial charge in [-0.1, -0.05) is 43.3 Å². The van der Waals surface area contributed by atoms with Gasteiger partial charge in [0.25, 0.3) is 11.5 Å². The molecule has 12 nitrogen and oxygen atoms in total. The van der Waals surface area contributed by atoms with Crippen LogP contribution in [0.3, 0.4) is 0 Å². The molecule has 3 aliphatic rings. The fraction of sp³-hybridized carbons (Fsp3) is 0.277. The van der Waals surface area contributed by atoms with Crippen molar-refractivity contribution in [3.63, 3.8) is 0 Å². The second-order valence-electron chi connectivity index (χ2n) is 15.3. The molecule has 2 N–H and O–H groups in total. The highest BCUT2D eigenvalue weighted by molar-refractivity contribution is 7.99. The van der Waals surface area contributed by atoms with Gasteiger partial charge in [-0.15, -0.1) is 0 Å². The van der Waals surface area contributed by atoms with E-state index in [0.717, 1.165) is 46.5 Å². The summed E-state index contributed by atoms with van der Waals surface area (Å²) in [5.41, 5.74) is 7.67. The van der Waals surface area contributed by atoms with E-state index in [0.29, 0.717) is 81.3 Å². The summed E-state index contributed by atoms with van der Waals surface area (Å²) in [6, 6.07) is 28.5. The molecular weight excluding hydrogens is 779 g/mol. The molecule has 0 bridgehead atoms. The van der Waals surface area contributed by atoms with Crippen molar-refractivity contribution in [1.82, 2.24) is 9.55 Å². The number of fused-ring (bicyclic) bond motifs is 8. The van der Waals surface area contributed by atoms with Crippen LogP contribution in [0.1, 0.15) is 58.2 Å². The Labute approximate surface area is 351 Å². The number of carbonyl (C=O) groups excluding carboxylic acids is 2. The number of aromatic nitrogens is 2. The van der Waals surface area contributed by atoms with Crippen LogP contribution in [0.2, 0.25) is 0 Å². The lowest BCUT2D eigenvalue weighted by atomic mass is 10.1. The van der Waals surface area contributed by atoms with Crippen LogP contribution in [-0.4, -0.2) is 59.7 Å². The Morgan fingerprint density at radius 2 is 1.55 bits per heavy atom. The predicted molar refractivity (Wildman–Crippen MR) is 235 cm³/mol. The number of ether oxygens (including phenoxy) is 4. The first kappa shape index (κ1) is 39.0. The number of benzene rings is 5. The van der Waals surface area contributed by atoms with Crippen molar-refractivity contribution < 1.29 is 28.5 Å². The highest BCUT2D eigenvalue weighted by Gasteiger charge is 2.37. The number of hydrogen-bond donors (Lipinski definition) is 2. The van der Waals surface area contributed by atoms with E-state index < -0.39 is 0 Å². The number of methoxy groups -OCH3 is 2. The van der Waals surface area contributed by atoms with Gasteiger partial charge in [-0.25, -0.2) is 4.98 Å². The molecule has 13 heteroatoms. The van der Waals surface area contributed by atoms with Crippen LogP contribution in [0.5, 0.6) is 23.0 Å². The molecule has 0 radical (unpaired) electrons. The van der Waals surface area contributed by atoms with E-state index in [1.165, 1.54) is 7.11 Å².